The maximum Gasteiger partial charge on any atom is 0.262 e. The summed E-state index contributed by atoms with van der Waals surface area (Å²) in [5.41, 5.74) is 7.25. The summed E-state index contributed by atoms with van der Waals surface area (Å²) < 4.78 is 16.7. The predicted octanol–water partition coefficient (Wildman–Crippen LogP) is 9.20. The molecule has 2 unspecified atom stereocenters. The molecule has 4 bridgehead atoms. The van der Waals surface area contributed by atoms with Gasteiger partial charge in [0.2, 0.25) is 0 Å². The minimum Gasteiger partial charge on any atom is -0.497 e. The van der Waals surface area contributed by atoms with Gasteiger partial charge in [-0.05, 0) is 82.5 Å². The first-order valence-electron chi connectivity index (χ1n) is 23.1. The molecule has 6 saturated heterocycles. The molecule has 6 aliphatic rings. The van der Waals surface area contributed by atoms with Gasteiger partial charge in [0, 0.05) is 41.0 Å². The second kappa shape index (κ2) is 19.6. The Balaban J connectivity index is 0.902. The Morgan fingerprint density at radius 2 is 0.812 bits per heavy atom. The van der Waals surface area contributed by atoms with E-state index < -0.39 is 19.5 Å². The zero-order valence-electron chi connectivity index (χ0n) is 40.0. The van der Waals surface area contributed by atoms with E-state index in [0.717, 1.165) is 63.3 Å². The molecule has 15 heteroatoms. The van der Waals surface area contributed by atoms with E-state index in [9.17, 15) is 19.2 Å². The number of aryl methyl sites for hydroxylation is 2. The molecule has 5 aromatic carbocycles. The van der Waals surface area contributed by atoms with Crippen LogP contribution >= 0.6 is 47.0 Å². The molecule has 0 saturated carbocycles. The number of hydrogen-bond donors (Lipinski definition) is 0. The van der Waals surface area contributed by atoms with Gasteiger partial charge in [0.1, 0.15) is 11.5 Å². The van der Waals surface area contributed by atoms with E-state index in [2.05, 4.69) is 48.5 Å². The Morgan fingerprint density at radius 1 is 0.449 bits per heavy atom. The average Bonchev–Trinajstić information content (AvgIpc) is 3.64. The highest BCUT2D eigenvalue weighted by Crippen LogP contribution is 2.63. The number of rotatable bonds is 16. The van der Waals surface area contributed by atoms with Gasteiger partial charge in [-0.2, -0.15) is 0 Å². The van der Waals surface area contributed by atoms with Crippen molar-refractivity contribution in [1.82, 2.24) is 19.6 Å². The van der Waals surface area contributed by atoms with Gasteiger partial charge in [-0.3, -0.25) is 19.2 Å². The molecular formula is C54H58N4O7S4. The van der Waals surface area contributed by atoms with Crippen LogP contribution in [0.4, 0.5) is 0 Å². The summed E-state index contributed by atoms with van der Waals surface area (Å²) in [6.45, 7) is 2.34. The van der Waals surface area contributed by atoms with E-state index in [1.807, 2.05) is 85.8 Å². The molecule has 0 N–H and O–H groups in total. The smallest absolute Gasteiger partial charge is 0.262 e. The number of hydrogen-bond acceptors (Lipinski definition) is 11. The Kier molecular flexibility index (Phi) is 13.9. The van der Waals surface area contributed by atoms with Crippen LogP contribution in [-0.2, 0) is 56.2 Å². The highest BCUT2D eigenvalue weighted by molar-refractivity contribution is 8.19. The molecule has 4 amide bonds. The van der Waals surface area contributed by atoms with Gasteiger partial charge in [-0.25, -0.2) is 0 Å². The lowest BCUT2D eigenvalue weighted by Crippen LogP contribution is -2.73. The van der Waals surface area contributed by atoms with Crippen molar-refractivity contribution in [3.8, 4) is 11.5 Å². The lowest BCUT2D eigenvalue weighted by Gasteiger charge is -2.51. The maximum absolute atomic E-state index is 14.9. The van der Waals surface area contributed by atoms with Crippen LogP contribution in [0.15, 0.2) is 127 Å². The lowest BCUT2D eigenvalue weighted by molar-refractivity contribution is -0.166. The van der Waals surface area contributed by atoms with E-state index >= 15 is 0 Å². The van der Waals surface area contributed by atoms with E-state index in [-0.39, 0.29) is 39.4 Å². The lowest BCUT2D eigenvalue weighted by atomic mass is 9.95. The first kappa shape index (κ1) is 48.9. The number of methoxy groups -OCH3 is 2. The van der Waals surface area contributed by atoms with Gasteiger partial charge in [0.05, 0.1) is 36.6 Å². The number of carbonyl (C=O) groups is 4. The zero-order chi connectivity index (χ0) is 48.7. The van der Waals surface area contributed by atoms with Crippen molar-refractivity contribution >= 4 is 70.7 Å². The number of carbonyl (C=O) groups excluding carboxylic acids is 4. The molecule has 6 fully saturated rings. The van der Waals surface area contributed by atoms with Crippen LogP contribution in [0.3, 0.4) is 0 Å². The predicted molar refractivity (Wildman–Crippen MR) is 278 cm³/mol. The number of ether oxygens (including phenoxy) is 3. The largest absolute Gasteiger partial charge is 0.497 e. The summed E-state index contributed by atoms with van der Waals surface area (Å²) in [4.78, 5) is 60.6. The van der Waals surface area contributed by atoms with E-state index in [4.69, 9.17) is 14.2 Å². The van der Waals surface area contributed by atoms with Crippen LogP contribution in [0.5, 0.6) is 11.5 Å². The third-order valence-electron chi connectivity index (χ3n) is 14.2. The second-order valence-corrected chi connectivity index (χ2v) is 24.2. The fourth-order valence-corrected chi connectivity index (χ4v) is 17.5. The van der Waals surface area contributed by atoms with Crippen LogP contribution in [0.25, 0.3) is 0 Å². The number of nitrogens with zero attached hydrogens (tertiary/aromatic N) is 4. The highest BCUT2D eigenvalue weighted by atomic mass is 32.2. The second-order valence-electron chi connectivity index (χ2n) is 18.1. The summed E-state index contributed by atoms with van der Waals surface area (Å²) >= 11 is 6.10. The fourth-order valence-electron chi connectivity index (χ4n) is 9.85. The van der Waals surface area contributed by atoms with Crippen molar-refractivity contribution in [1.29, 1.82) is 0 Å². The third kappa shape index (κ3) is 8.70. The third-order valence-corrected chi connectivity index (χ3v) is 21.4. The van der Waals surface area contributed by atoms with Crippen molar-refractivity contribution in [3.05, 3.63) is 166 Å². The summed E-state index contributed by atoms with van der Waals surface area (Å²) in [5.74, 6) is 1.09. The Bertz CT molecular complexity index is 2700. The molecule has 6 atom stereocenters. The first-order valence-corrected chi connectivity index (χ1v) is 26.6. The van der Waals surface area contributed by atoms with Crippen LogP contribution in [-0.4, -0.2) is 112 Å². The van der Waals surface area contributed by atoms with Gasteiger partial charge >= 0.3 is 0 Å². The molecule has 6 heterocycles. The molecule has 69 heavy (non-hydrogen) atoms. The Labute approximate surface area is 422 Å². The summed E-state index contributed by atoms with van der Waals surface area (Å²) in [5, 5.41) is 0. The monoisotopic (exact) mass is 1000 g/mol. The Morgan fingerprint density at radius 3 is 1.25 bits per heavy atom. The van der Waals surface area contributed by atoms with Gasteiger partial charge in [-0.1, -0.05) is 110 Å². The minimum atomic E-state index is -1.27. The van der Waals surface area contributed by atoms with Gasteiger partial charge in [-0.15, -0.1) is 47.0 Å². The molecule has 11 nitrogen and oxygen atoms in total. The van der Waals surface area contributed by atoms with Crippen LogP contribution in [0, 0.1) is 0 Å². The number of piperazine rings is 2. The molecule has 360 valence electrons. The Hall–Kier alpha value is -5.06. The number of amides is 4. The van der Waals surface area contributed by atoms with Gasteiger partial charge < -0.3 is 33.8 Å². The molecule has 6 aliphatic heterocycles. The van der Waals surface area contributed by atoms with E-state index in [1.165, 1.54) is 23.5 Å². The van der Waals surface area contributed by atoms with Crippen molar-refractivity contribution in [2.24, 2.45) is 0 Å². The number of likely N-dealkylation sites (N-methyl/N-ethyl adjacent to an activating group) is 4. The zero-order valence-corrected chi connectivity index (χ0v) is 43.3. The molecule has 0 radical (unpaired) electrons. The standard InChI is InChI=1S/C54H58N4O7S4/c1-8-51-47(59)56(3)52(48(60)55(51)2,67-45(66-51)41-24-28-43(63-6)29-25-41)32-38-20-16-36(17-21-38)14-15-37-18-22-39(23-19-37)33-53-49(61)58(5)54(50(62)57(53)4,35-65-34-40-12-10-9-11-13-40)69-46(68-53)42-26-30-44(64-7)31-27-42/h9-13,16-31,45-46H,8,14-15,32-35H2,1-7H3/t45?,46?,51-,52-,53-,54-/m0/s1. The van der Waals surface area contributed by atoms with Gasteiger partial charge in [0.15, 0.2) is 19.5 Å². The maximum atomic E-state index is 14.9. The van der Waals surface area contributed by atoms with Gasteiger partial charge in [0.25, 0.3) is 23.6 Å². The number of thioether (sulfide) groups is 4. The molecule has 0 aromatic heterocycles. The molecule has 11 rings (SSSR count). The van der Waals surface area contributed by atoms with Crippen LogP contribution in [0.2, 0.25) is 0 Å². The fraction of sp³-hybridized carbons (Fsp3) is 0.370. The van der Waals surface area contributed by atoms with Crippen molar-refractivity contribution in [3.63, 3.8) is 0 Å². The van der Waals surface area contributed by atoms with E-state index in [0.29, 0.717) is 25.9 Å². The topological polar surface area (TPSA) is 109 Å². The molecule has 5 aromatic rings. The van der Waals surface area contributed by atoms with Crippen molar-refractivity contribution in [2.75, 3.05) is 49.0 Å². The summed E-state index contributed by atoms with van der Waals surface area (Å²) in [6, 6.07) is 42.4. The van der Waals surface area contributed by atoms with E-state index in [1.54, 1.807) is 85.5 Å². The quantitative estimate of drug-likeness (QED) is 0.0945. The SMILES string of the molecule is CC[C@@]12SC(c3ccc(OC)cc3)S[C@@](Cc3ccc(CCc4ccc(C[C@@]56SC(c7ccc(OC)cc7)S[C@@](COCc7ccccc7)(C(=O)N5C)N(C)C6=O)cc4)cc3)(C(=O)N1C)N(C)C2=O. The molecule has 0 spiro atoms. The minimum absolute atomic E-state index is 0.0405. The number of fused-ring (bicyclic) bond motifs is 8. The van der Waals surface area contributed by atoms with Crippen molar-refractivity contribution in [2.45, 2.75) is 74.3 Å². The summed E-state index contributed by atoms with van der Waals surface area (Å²) in [6.07, 6.45) is 2.79. The average molecular weight is 1000 g/mol. The molecular weight excluding hydrogens is 945 g/mol. The highest BCUT2D eigenvalue weighted by Gasteiger charge is 2.67. The first-order chi connectivity index (χ1) is 33.2. The molecule has 0 aliphatic carbocycles. The normalized spacial score (nSPS) is 26.7. The summed E-state index contributed by atoms with van der Waals surface area (Å²) in [7, 11) is 10.3. The van der Waals surface area contributed by atoms with Crippen LogP contribution in [0.1, 0.15) is 61.5 Å². The van der Waals surface area contributed by atoms with Crippen LogP contribution < -0.4 is 9.47 Å². The van der Waals surface area contributed by atoms with Crippen molar-refractivity contribution < 1.29 is 33.4 Å². The number of benzene rings is 5.